The van der Waals surface area contributed by atoms with Crippen LogP contribution in [0.4, 0.5) is 5.69 Å². The molecule has 0 radical (unpaired) electrons. The molecule has 0 saturated heterocycles. The van der Waals surface area contributed by atoms with Gasteiger partial charge in [-0.25, -0.2) is 4.79 Å². The number of carboxylic acid groups (broad SMARTS) is 1. The molecule has 6 nitrogen and oxygen atoms in total. The van der Waals surface area contributed by atoms with Crippen LogP contribution >= 0.6 is 0 Å². The molecule has 0 aliphatic carbocycles. The Labute approximate surface area is 121 Å². The number of pyridine rings is 1. The molecule has 0 aliphatic rings. The van der Waals surface area contributed by atoms with Crippen LogP contribution in [0.3, 0.4) is 0 Å². The highest BCUT2D eigenvalue weighted by Gasteiger charge is 2.13. The van der Waals surface area contributed by atoms with Crippen molar-refractivity contribution >= 4 is 11.7 Å². The molecular weight excluding hydrogens is 272 g/mol. The SMILES string of the molecule is COc1ccc(CCNc2cc[nH]c(=O)c2C(=O)O)cc1. The maximum Gasteiger partial charge on any atom is 0.343 e. The molecule has 2 aromatic rings. The van der Waals surface area contributed by atoms with Crippen molar-refractivity contribution in [2.75, 3.05) is 19.0 Å². The van der Waals surface area contributed by atoms with Crippen LogP contribution in [0.2, 0.25) is 0 Å². The lowest BCUT2D eigenvalue weighted by Gasteiger charge is -2.09. The number of carboxylic acids is 1. The molecule has 1 aromatic heterocycles. The van der Waals surface area contributed by atoms with E-state index in [-0.39, 0.29) is 5.56 Å². The number of rotatable bonds is 6. The van der Waals surface area contributed by atoms with Gasteiger partial charge in [-0.1, -0.05) is 12.1 Å². The predicted molar refractivity (Wildman–Crippen MR) is 79.2 cm³/mol. The Morgan fingerprint density at radius 2 is 2.00 bits per heavy atom. The molecule has 0 amide bonds. The molecule has 2 rings (SSSR count). The van der Waals surface area contributed by atoms with Crippen molar-refractivity contribution < 1.29 is 14.6 Å². The lowest BCUT2D eigenvalue weighted by molar-refractivity contribution is 0.0696. The van der Waals surface area contributed by atoms with Gasteiger partial charge in [0.15, 0.2) is 0 Å². The van der Waals surface area contributed by atoms with E-state index in [1.165, 1.54) is 6.20 Å². The number of carbonyl (C=O) groups is 1. The van der Waals surface area contributed by atoms with Crippen molar-refractivity contribution in [1.29, 1.82) is 0 Å². The maximum atomic E-state index is 11.5. The van der Waals surface area contributed by atoms with Gasteiger partial charge >= 0.3 is 5.97 Å². The van der Waals surface area contributed by atoms with E-state index in [4.69, 9.17) is 9.84 Å². The second-order valence-corrected chi connectivity index (χ2v) is 4.43. The van der Waals surface area contributed by atoms with Crippen molar-refractivity contribution in [3.8, 4) is 5.75 Å². The van der Waals surface area contributed by atoms with Gasteiger partial charge in [-0.2, -0.15) is 0 Å². The minimum atomic E-state index is -1.25. The van der Waals surface area contributed by atoms with Gasteiger partial charge in [0.1, 0.15) is 11.3 Å². The highest BCUT2D eigenvalue weighted by Crippen LogP contribution is 2.13. The smallest absolute Gasteiger partial charge is 0.343 e. The number of benzene rings is 1. The molecule has 0 bridgehead atoms. The van der Waals surface area contributed by atoms with Crippen LogP contribution in [0.15, 0.2) is 41.3 Å². The molecule has 21 heavy (non-hydrogen) atoms. The fraction of sp³-hybridized carbons (Fsp3) is 0.200. The summed E-state index contributed by atoms with van der Waals surface area (Å²) in [5.74, 6) is -0.460. The monoisotopic (exact) mass is 288 g/mol. The second-order valence-electron chi connectivity index (χ2n) is 4.43. The minimum absolute atomic E-state index is 0.271. The normalized spacial score (nSPS) is 10.1. The minimum Gasteiger partial charge on any atom is -0.497 e. The van der Waals surface area contributed by atoms with E-state index < -0.39 is 11.5 Å². The molecule has 0 fully saturated rings. The molecule has 1 heterocycles. The highest BCUT2D eigenvalue weighted by atomic mass is 16.5. The lowest BCUT2D eigenvalue weighted by atomic mass is 10.1. The lowest BCUT2D eigenvalue weighted by Crippen LogP contribution is -2.20. The van der Waals surface area contributed by atoms with E-state index in [2.05, 4.69) is 10.3 Å². The number of aromatic carboxylic acids is 1. The molecule has 3 N–H and O–H groups in total. The van der Waals surface area contributed by atoms with Crippen molar-refractivity contribution in [3.63, 3.8) is 0 Å². The molecule has 1 aromatic carbocycles. The van der Waals surface area contributed by atoms with Gasteiger partial charge in [-0.3, -0.25) is 4.79 Å². The van der Waals surface area contributed by atoms with Crippen molar-refractivity contribution in [2.45, 2.75) is 6.42 Å². The highest BCUT2D eigenvalue weighted by molar-refractivity contribution is 5.93. The van der Waals surface area contributed by atoms with Crippen molar-refractivity contribution in [1.82, 2.24) is 4.98 Å². The van der Waals surface area contributed by atoms with Gasteiger partial charge in [0.2, 0.25) is 0 Å². The average molecular weight is 288 g/mol. The third-order valence-electron chi connectivity index (χ3n) is 3.06. The molecule has 110 valence electrons. The Morgan fingerprint density at radius 1 is 1.29 bits per heavy atom. The first-order valence-electron chi connectivity index (χ1n) is 6.43. The fourth-order valence-corrected chi connectivity index (χ4v) is 1.97. The van der Waals surface area contributed by atoms with Gasteiger partial charge in [0.25, 0.3) is 5.56 Å². The summed E-state index contributed by atoms with van der Waals surface area (Å²) in [4.78, 5) is 24.9. The summed E-state index contributed by atoms with van der Waals surface area (Å²) in [6, 6.07) is 9.15. The zero-order valence-electron chi connectivity index (χ0n) is 11.6. The summed E-state index contributed by atoms with van der Waals surface area (Å²) >= 11 is 0. The van der Waals surface area contributed by atoms with Crippen LogP contribution in [0.25, 0.3) is 0 Å². The number of methoxy groups -OCH3 is 1. The van der Waals surface area contributed by atoms with Gasteiger partial charge < -0.3 is 20.1 Å². The van der Waals surface area contributed by atoms with E-state index in [9.17, 15) is 9.59 Å². The Bertz CT molecular complexity index is 677. The number of hydrogen-bond donors (Lipinski definition) is 3. The first-order valence-corrected chi connectivity index (χ1v) is 6.43. The quantitative estimate of drug-likeness (QED) is 0.753. The van der Waals surface area contributed by atoms with Crippen LogP contribution in [-0.2, 0) is 6.42 Å². The number of hydrogen-bond acceptors (Lipinski definition) is 4. The molecule has 0 atom stereocenters. The summed E-state index contributed by atoms with van der Waals surface area (Å²) < 4.78 is 5.08. The van der Waals surface area contributed by atoms with Crippen molar-refractivity contribution in [3.05, 3.63) is 58.0 Å². The number of H-pyrrole nitrogens is 1. The third-order valence-corrected chi connectivity index (χ3v) is 3.06. The van der Waals surface area contributed by atoms with E-state index in [1.54, 1.807) is 13.2 Å². The van der Waals surface area contributed by atoms with Gasteiger partial charge in [0.05, 0.1) is 12.8 Å². The zero-order valence-corrected chi connectivity index (χ0v) is 11.6. The van der Waals surface area contributed by atoms with Crippen LogP contribution in [0, 0.1) is 0 Å². The summed E-state index contributed by atoms with van der Waals surface area (Å²) in [6.45, 7) is 0.524. The number of aromatic nitrogens is 1. The Balaban J connectivity index is 2.02. The standard InChI is InChI=1S/C15H16N2O4/c1-21-11-4-2-10(3-5-11)6-8-16-12-7-9-17-14(18)13(12)15(19)20/h2-5,7,9H,6,8H2,1H3,(H,19,20)(H2,16,17,18). The molecule has 6 heteroatoms. The Kier molecular flexibility index (Phi) is 4.61. The number of ether oxygens (including phenoxy) is 1. The molecule has 0 saturated carbocycles. The number of aromatic amines is 1. The molecule has 0 unspecified atom stereocenters. The first kappa shape index (κ1) is 14.6. The van der Waals surface area contributed by atoms with E-state index in [0.717, 1.165) is 11.3 Å². The van der Waals surface area contributed by atoms with E-state index >= 15 is 0 Å². The summed E-state index contributed by atoms with van der Waals surface area (Å²) in [7, 11) is 1.61. The van der Waals surface area contributed by atoms with Crippen LogP contribution < -0.4 is 15.6 Å². The van der Waals surface area contributed by atoms with Gasteiger partial charge in [0, 0.05) is 12.7 Å². The average Bonchev–Trinajstić information content (AvgIpc) is 2.47. The van der Waals surface area contributed by atoms with Crippen LogP contribution in [0.5, 0.6) is 5.75 Å². The first-order chi connectivity index (χ1) is 10.1. The Morgan fingerprint density at radius 3 is 2.62 bits per heavy atom. The Hall–Kier alpha value is -2.76. The maximum absolute atomic E-state index is 11.5. The fourth-order valence-electron chi connectivity index (χ4n) is 1.97. The number of nitrogens with one attached hydrogen (secondary N) is 2. The van der Waals surface area contributed by atoms with Gasteiger partial charge in [-0.05, 0) is 30.2 Å². The molecular formula is C15H16N2O4. The summed E-state index contributed by atoms with van der Waals surface area (Å²) in [6.07, 6.45) is 2.13. The predicted octanol–water partition coefficient (Wildman–Crippen LogP) is 1.74. The molecule has 0 spiro atoms. The van der Waals surface area contributed by atoms with Crippen LogP contribution in [-0.4, -0.2) is 29.7 Å². The largest absolute Gasteiger partial charge is 0.497 e. The van der Waals surface area contributed by atoms with Crippen LogP contribution in [0.1, 0.15) is 15.9 Å². The summed E-state index contributed by atoms with van der Waals surface area (Å²) in [5.41, 5.74) is 0.522. The molecule has 0 aliphatic heterocycles. The second kappa shape index (κ2) is 6.60. The van der Waals surface area contributed by atoms with E-state index in [0.29, 0.717) is 18.7 Å². The van der Waals surface area contributed by atoms with E-state index in [1.807, 2.05) is 24.3 Å². The van der Waals surface area contributed by atoms with Gasteiger partial charge in [-0.15, -0.1) is 0 Å². The topological polar surface area (TPSA) is 91.4 Å². The third kappa shape index (κ3) is 3.62. The summed E-state index contributed by atoms with van der Waals surface area (Å²) in [5, 5.41) is 12.0. The number of anilines is 1. The van der Waals surface area contributed by atoms with Crippen molar-refractivity contribution in [2.24, 2.45) is 0 Å². The zero-order chi connectivity index (χ0) is 15.2.